The van der Waals surface area contributed by atoms with Crippen LogP contribution in [-0.4, -0.2) is 38.0 Å². The Labute approximate surface area is 189 Å². The molecule has 0 spiro atoms. The van der Waals surface area contributed by atoms with Gasteiger partial charge in [-0.3, -0.25) is 9.78 Å². The number of nitrogens with zero attached hydrogens (tertiary/aromatic N) is 1. The van der Waals surface area contributed by atoms with Crippen molar-refractivity contribution in [1.82, 2.24) is 10.3 Å². The summed E-state index contributed by atoms with van der Waals surface area (Å²) in [6, 6.07) is 15.3. The third-order valence-electron chi connectivity index (χ3n) is 6.87. The monoisotopic (exact) mass is 448 g/mol. The number of hydrogen-bond acceptors (Lipinski definition) is 5. The Balaban J connectivity index is 1.21. The average Bonchev–Trinajstić information content (AvgIpc) is 3.61. The van der Waals surface area contributed by atoms with Crippen molar-refractivity contribution >= 4 is 26.4 Å². The number of ketones is 1. The van der Waals surface area contributed by atoms with Gasteiger partial charge in [0.1, 0.15) is 5.78 Å². The van der Waals surface area contributed by atoms with Crippen LogP contribution in [0, 0.1) is 11.8 Å². The summed E-state index contributed by atoms with van der Waals surface area (Å²) in [5.74, 6) is 0.942. The second-order valence-electron chi connectivity index (χ2n) is 9.19. The molecule has 166 valence electrons. The third kappa shape index (κ3) is 4.62. The highest BCUT2D eigenvalue weighted by Gasteiger charge is 2.43. The van der Waals surface area contributed by atoms with E-state index in [0.29, 0.717) is 11.3 Å². The summed E-state index contributed by atoms with van der Waals surface area (Å²) in [6.07, 6.45) is 6.70. The van der Waals surface area contributed by atoms with Gasteiger partial charge in [0.25, 0.3) is 0 Å². The number of carbonyl (C=O) groups excluding carboxylic acids is 1. The van der Waals surface area contributed by atoms with E-state index >= 15 is 0 Å². The maximum atomic E-state index is 12.8. The lowest BCUT2D eigenvalue weighted by Gasteiger charge is -2.22. The Morgan fingerprint density at radius 3 is 2.56 bits per heavy atom. The number of sulfone groups is 1. The molecule has 1 saturated heterocycles. The van der Waals surface area contributed by atoms with E-state index in [2.05, 4.69) is 16.4 Å². The van der Waals surface area contributed by atoms with E-state index in [1.165, 1.54) is 0 Å². The summed E-state index contributed by atoms with van der Waals surface area (Å²) < 4.78 is 25.6. The Morgan fingerprint density at radius 1 is 1.00 bits per heavy atom. The fraction of sp³-hybridized carbons (Fsp3) is 0.385. The summed E-state index contributed by atoms with van der Waals surface area (Å²) >= 11 is 0. The predicted octanol–water partition coefficient (Wildman–Crippen LogP) is 3.92. The maximum absolute atomic E-state index is 12.8. The molecule has 1 aliphatic carbocycles. The van der Waals surface area contributed by atoms with Gasteiger partial charge in [0.15, 0.2) is 9.84 Å². The van der Waals surface area contributed by atoms with Gasteiger partial charge < -0.3 is 5.32 Å². The molecule has 1 aliphatic heterocycles. The van der Waals surface area contributed by atoms with Gasteiger partial charge in [-0.25, -0.2) is 8.42 Å². The summed E-state index contributed by atoms with van der Waals surface area (Å²) in [7, 11) is -3.27. The molecule has 1 aromatic heterocycles. The molecule has 6 heteroatoms. The molecule has 3 aromatic rings. The van der Waals surface area contributed by atoms with Crippen molar-refractivity contribution in [1.29, 1.82) is 0 Å². The van der Waals surface area contributed by atoms with Gasteiger partial charge in [-0.1, -0.05) is 30.3 Å². The van der Waals surface area contributed by atoms with Gasteiger partial charge >= 0.3 is 0 Å². The largest absolute Gasteiger partial charge is 0.317 e. The maximum Gasteiger partial charge on any atom is 0.178 e. The minimum Gasteiger partial charge on any atom is -0.317 e. The third-order valence-corrected chi connectivity index (χ3v) is 8.77. The van der Waals surface area contributed by atoms with Crippen molar-refractivity contribution < 1.29 is 13.2 Å². The molecular weight excluding hydrogens is 420 g/mol. The number of nitrogens with one attached hydrogen (secondary N) is 1. The number of hydrogen-bond donors (Lipinski definition) is 1. The number of rotatable bonds is 7. The van der Waals surface area contributed by atoms with E-state index in [4.69, 9.17) is 0 Å². The molecule has 2 atom stereocenters. The first-order valence-corrected chi connectivity index (χ1v) is 13.0. The van der Waals surface area contributed by atoms with Crippen molar-refractivity contribution in [2.24, 2.45) is 11.8 Å². The van der Waals surface area contributed by atoms with Gasteiger partial charge in [-0.2, -0.15) is 0 Å². The van der Waals surface area contributed by atoms with Crippen LogP contribution < -0.4 is 5.32 Å². The minimum atomic E-state index is -3.27. The molecule has 32 heavy (non-hydrogen) atoms. The van der Waals surface area contributed by atoms with Gasteiger partial charge in [-0.15, -0.1) is 0 Å². The smallest absolute Gasteiger partial charge is 0.178 e. The molecular formula is C26H28N2O3S. The Morgan fingerprint density at radius 2 is 1.78 bits per heavy atom. The van der Waals surface area contributed by atoms with Crippen LogP contribution in [0.25, 0.3) is 10.8 Å². The standard InChI is InChI=1S/C26H28N2O3S/c29-26(14-19-1-2-22-16-28-12-9-21(22)13-19)25-15-24(25)20-3-5-23(6-4-20)32(30,31)17-18-7-10-27-11-8-18/h1-6,9,12-13,16,18,24-25,27H,7-8,10-11,14-15,17H2/t24?,25-/m1/s1. The summed E-state index contributed by atoms with van der Waals surface area (Å²) in [5, 5.41) is 5.45. The van der Waals surface area contributed by atoms with Crippen LogP contribution in [0.5, 0.6) is 0 Å². The highest BCUT2D eigenvalue weighted by atomic mass is 32.2. The topological polar surface area (TPSA) is 76.1 Å². The van der Waals surface area contributed by atoms with Crippen LogP contribution >= 0.6 is 0 Å². The number of benzene rings is 2. The van der Waals surface area contributed by atoms with E-state index in [9.17, 15) is 13.2 Å². The number of piperidine rings is 1. The number of aromatic nitrogens is 1. The van der Waals surface area contributed by atoms with Gasteiger partial charge in [-0.05, 0) is 78.9 Å². The van der Waals surface area contributed by atoms with Crippen LogP contribution in [0.15, 0.2) is 65.8 Å². The number of fused-ring (bicyclic) bond motifs is 1. The molecule has 2 aliphatic rings. The molecule has 2 aromatic carbocycles. The van der Waals surface area contributed by atoms with Crippen molar-refractivity contribution in [3.8, 4) is 0 Å². The highest BCUT2D eigenvalue weighted by molar-refractivity contribution is 7.91. The molecule has 1 unspecified atom stereocenters. The van der Waals surface area contributed by atoms with E-state index in [0.717, 1.165) is 54.3 Å². The highest BCUT2D eigenvalue weighted by Crippen LogP contribution is 2.48. The second-order valence-corrected chi connectivity index (χ2v) is 11.2. The van der Waals surface area contributed by atoms with Gasteiger partial charge in [0.05, 0.1) is 10.6 Å². The average molecular weight is 449 g/mol. The minimum absolute atomic E-state index is 0.0281. The van der Waals surface area contributed by atoms with Crippen LogP contribution in [0.3, 0.4) is 0 Å². The van der Waals surface area contributed by atoms with E-state index in [-0.39, 0.29) is 29.3 Å². The first kappa shape index (κ1) is 21.3. The van der Waals surface area contributed by atoms with Gasteiger partial charge in [0, 0.05) is 30.1 Å². The van der Waals surface area contributed by atoms with Crippen LogP contribution in [0.2, 0.25) is 0 Å². The molecule has 0 radical (unpaired) electrons. The molecule has 5 rings (SSSR count). The van der Waals surface area contributed by atoms with E-state index < -0.39 is 9.84 Å². The van der Waals surface area contributed by atoms with Crippen molar-refractivity contribution in [2.45, 2.75) is 36.5 Å². The summed E-state index contributed by atoms with van der Waals surface area (Å²) in [5.41, 5.74) is 2.09. The molecule has 0 bridgehead atoms. The SMILES string of the molecule is O=C(Cc1ccc2cnccc2c1)[C@@H]1CC1c1ccc(S(=O)(=O)CC2CCNCC2)cc1. The molecule has 0 amide bonds. The summed E-state index contributed by atoms with van der Waals surface area (Å²) in [6.45, 7) is 1.79. The zero-order valence-electron chi connectivity index (χ0n) is 18.0. The van der Waals surface area contributed by atoms with Crippen molar-refractivity contribution in [3.63, 3.8) is 0 Å². The lowest BCUT2D eigenvalue weighted by molar-refractivity contribution is -0.119. The van der Waals surface area contributed by atoms with Gasteiger partial charge in [0.2, 0.25) is 0 Å². The van der Waals surface area contributed by atoms with E-state index in [1.54, 1.807) is 18.3 Å². The fourth-order valence-corrected chi connectivity index (χ4v) is 6.57. The number of Topliss-reactive ketones (excluding diaryl/α,β-unsaturated/α-hetero) is 1. The van der Waals surface area contributed by atoms with Crippen molar-refractivity contribution in [3.05, 3.63) is 72.1 Å². The molecule has 2 heterocycles. The quantitative estimate of drug-likeness (QED) is 0.593. The zero-order valence-corrected chi connectivity index (χ0v) is 18.9. The normalized spacial score (nSPS) is 21.5. The molecule has 1 N–H and O–H groups in total. The molecule has 1 saturated carbocycles. The molecule has 5 nitrogen and oxygen atoms in total. The molecule has 2 fully saturated rings. The van der Waals surface area contributed by atoms with Crippen LogP contribution in [-0.2, 0) is 21.1 Å². The van der Waals surface area contributed by atoms with Crippen LogP contribution in [0.4, 0.5) is 0 Å². The second kappa shape index (κ2) is 8.75. The predicted molar refractivity (Wildman–Crippen MR) is 125 cm³/mol. The van der Waals surface area contributed by atoms with E-state index in [1.807, 2.05) is 36.5 Å². The van der Waals surface area contributed by atoms with Crippen molar-refractivity contribution in [2.75, 3.05) is 18.8 Å². The first-order valence-electron chi connectivity index (χ1n) is 11.4. The number of pyridine rings is 1. The van der Waals surface area contributed by atoms with Crippen LogP contribution in [0.1, 0.15) is 36.3 Å². The fourth-order valence-electron chi connectivity index (χ4n) is 4.87. The Hall–Kier alpha value is -2.57. The Kier molecular flexibility index (Phi) is 5.82. The lowest BCUT2D eigenvalue weighted by atomic mass is 10.0. The first-order chi connectivity index (χ1) is 15.5. The number of carbonyl (C=O) groups is 1. The summed E-state index contributed by atoms with van der Waals surface area (Å²) in [4.78, 5) is 17.4. The Bertz CT molecular complexity index is 1230. The zero-order chi connectivity index (χ0) is 22.1. The lowest BCUT2D eigenvalue weighted by Crippen LogP contribution is -2.31.